The van der Waals surface area contributed by atoms with E-state index in [-0.39, 0.29) is 9.85 Å². The molecular weight excluding hydrogens is 366 g/mol. The SMILES string of the molecule is Fc1cc(C(Br)c2cc(Cl)cc3c2OCC3)ccc1Cl. The fraction of sp³-hybridized carbons (Fsp3) is 0.200. The largest absolute Gasteiger partial charge is 0.493 e. The summed E-state index contributed by atoms with van der Waals surface area (Å²) < 4.78 is 19.3. The predicted molar refractivity (Wildman–Crippen MR) is 82.8 cm³/mol. The number of fused-ring (bicyclic) bond motifs is 1. The molecule has 0 saturated heterocycles. The minimum atomic E-state index is -0.437. The number of benzene rings is 2. The monoisotopic (exact) mass is 374 g/mol. The molecule has 1 heterocycles. The highest BCUT2D eigenvalue weighted by Crippen LogP contribution is 2.42. The van der Waals surface area contributed by atoms with Crippen molar-refractivity contribution < 1.29 is 9.13 Å². The quantitative estimate of drug-likeness (QED) is 0.625. The Morgan fingerprint density at radius 3 is 2.75 bits per heavy atom. The lowest BCUT2D eigenvalue weighted by molar-refractivity contribution is 0.354. The van der Waals surface area contributed by atoms with Crippen LogP contribution in [0.3, 0.4) is 0 Å². The van der Waals surface area contributed by atoms with Gasteiger partial charge in [0.05, 0.1) is 16.5 Å². The maximum absolute atomic E-state index is 13.6. The van der Waals surface area contributed by atoms with E-state index < -0.39 is 5.82 Å². The van der Waals surface area contributed by atoms with Gasteiger partial charge in [0, 0.05) is 17.0 Å². The number of rotatable bonds is 2. The van der Waals surface area contributed by atoms with Gasteiger partial charge in [0.1, 0.15) is 11.6 Å². The number of hydrogen-bond donors (Lipinski definition) is 0. The summed E-state index contributed by atoms with van der Waals surface area (Å²) in [6, 6.07) is 8.51. The van der Waals surface area contributed by atoms with Crippen molar-refractivity contribution in [1.29, 1.82) is 0 Å². The zero-order chi connectivity index (χ0) is 14.3. The van der Waals surface area contributed by atoms with Crippen LogP contribution in [0, 0.1) is 5.82 Å². The number of ether oxygens (including phenoxy) is 1. The van der Waals surface area contributed by atoms with E-state index in [1.165, 1.54) is 6.07 Å². The van der Waals surface area contributed by atoms with E-state index in [0.717, 1.165) is 28.9 Å². The predicted octanol–water partition coefficient (Wildman–Crippen LogP) is 5.55. The van der Waals surface area contributed by atoms with Crippen LogP contribution in [-0.4, -0.2) is 6.61 Å². The first-order chi connectivity index (χ1) is 9.56. The lowest BCUT2D eigenvalue weighted by Gasteiger charge is -2.15. The van der Waals surface area contributed by atoms with Crippen molar-refractivity contribution in [1.82, 2.24) is 0 Å². The maximum atomic E-state index is 13.6. The number of hydrogen-bond acceptors (Lipinski definition) is 1. The Hall–Kier alpha value is -0.770. The molecule has 104 valence electrons. The van der Waals surface area contributed by atoms with E-state index in [9.17, 15) is 4.39 Å². The van der Waals surface area contributed by atoms with Crippen molar-refractivity contribution >= 4 is 39.1 Å². The van der Waals surface area contributed by atoms with Crippen LogP contribution in [-0.2, 0) is 6.42 Å². The zero-order valence-corrected chi connectivity index (χ0v) is 13.4. The van der Waals surface area contributed by atoms with E-state index in [2.05, 4.69) is 15.9 Å². The normalized spacial score (nSPS) is 14.8. The first-order valence-electron chi connectivity index (χ1n) is 6.10. The third-order valence-electron chi connectivity index (χ3n) is 3.29. The molecule has 1 atom stereocenters. The Morgan fingerprint density at radius 1 is 1.20 bits per heavy atom. The van der Waals surface area contributed by atoms with Crippen LogP contribution in [0.5, 0.6) is 5.75 Å². The summed E-state index contributed by atoms with van der Waals surface area (Å²) in [7, 11) is 0. The lowest BCUT2D eigenvalue weighted by Crippen LogP contribution is -1.98. The first-order valence-corrected chi connectivity index (χ1v) is 7.77. The van der Waals surface area contributed by atoms with Crippen molar-refractivity contribution in [3.8, 4) is 5.75 Å². The highest BCUT2D eigenvalue weighted by molar-refractivity contribution is 9.09. The highest BCUT2D eigenvalue weighted by atomic mass is 79.9. The average Bonchev–Trinajstić information content (AvgIpc) is 2.88. The Labute approximate surface area is 134 Å². The van der Waals surface area contributed by atoms with E-state index >= 15 is 0 Å². The van der Waals surface area contributed by atoms with Gasteiger partial charge in [-0.3, -0.25) is 0 Å². The molecule has 0 spiro atoms. The summed E-state index contributed by atoms with van der Waals surface area (Å²) in [5.74, 6) is 0.403. The van der Waals surface area contributed by atoms with Crippen molar-refractivity contribution in [2.45, 2.75) is 11.2 Å². The van der Waals surface area contributed by atoms with E-state index in [1.54, 1.807) is 12.1 Å². The molecule has 0 amide bonds. The van der Waals surface area contributed by atoms with Crippen molar-refractivity contribution in [2.75, 3.05) is 6.61 Å². The van der Waals surface area contributed by atoms with Crippen LogP contribution in [0.15, 0.2) is 30.3 Å². The van der Waals surface area contributed by atoms with Gasteiger partial charge in [-0.25, -0.2) is 4.39 Å². The first kappa shape index (κ1) is 14.2. The van der Waals surface area contributed by atoms with Gasteiger partial charge >= 0.3 is 0 Å². The lowest BCUT2D eigenvalue weighted by atomic mass is 10.0. The number of halogens is 4. The molecular formula is C15H10BrCl2FO. The molecule has 3 rings (SSSR count). The molecule has 1 aliphatic heterocycles. The minimum absolute atomic E-state index is 0.112. The molecule has 0 saturated carbocycles. The van der Waals surface area contributed by atoms with Crippen molar-refractivity contribution in [2.24, 2.45) is 0 Å². The highest BCUT2D eigenvalue weighted by Gasteiger charge is 2.23. The van der Waals surface area contributed by atoms with E-state index in [4.69, 9.17) is 27.9 Å². The topological polar surface area (TPSA) is 9.23 Å². The van der Waals surface area contributed by atoms with Crippen LogP contribution >= 0.6 is 39.1 Å². The molecule has 20 heavy (non-hydrogen) atoms. The summed E-state index contributed by atoms with van der Waals surface area (Å²) >= 11 is 15.5. The molecule has 1 unspecified atom stereocenters. The molecule has 2 aromatic carbocycles. The Bertz CT molecular complexity index is 675. The second kappa shape index (κ2) is 5.55. The third-order valence-corrected chi connectivity index (χ3v) is 4.83. The van der Waals surface area contributed by atoms with Crippen LogP contribution in [0.4, 0.5) is 4.39 Å². The van der Waals surface area contributed by atoms with E-state index in [1.807, 2.05) is 12.1 Å². The van der Waals surface area contributed by atoms with Gasteiger partial charge in [0.25, 0.3) is 0 Å². The van der Waals surface area contributed by atoms with Crippen LogP contribution in [0.2, 0.25) is 10.0 Å². The molecule has 0 bridgehead atoms. The number of alkyl halides is 1. The average molecular weight is 376 g/mol. The van der Waals surface area contributed by atoms with Gasteiger partial charge < -0.3 is 4.74 Å². The van der Waals surface area contributed by atoms with Crippen LogP contribution in [0.25, 0.3) is 0 Å². The van der Waals surface area contributed by atoms with Crippen LogP contribution < -0.4 is 4.74 Å². The molecule has 0 aromatic heterocycles. The summed E-state index contributed by atoms with van der Waals surface area (Å²) in [6.07, 6.45) is 0.845. The molecule has 0 aliphatic carbocycles. The fourth-order valence-electron chi connectivity index (χ4n) is 2.34. The zero-order valence-electron chi connectivity index (χ0n) is 10.3. The summed E-state index contributed by atoms with van der Waals surface area (Å²) in [6.45, 7) is 0.650. The van der Waals surface area contributed by atoms with Gasteiger partial charge in [-0.05, 0) is 35.4 Å². The second-order valence-electron chi connectivity index (χ2n) is 4.62. The van der Waals surface area contributed by atoms with Crippen molar-refractivity contribution in [3.63, 3.8) is 0 Å². The standard InChI is InChI=1S/C15H10BrCl2FO/c16-14(8-1-2-12(18)13(19)6-8)11-7-10(17)5-9-3-4-20-15(9)11/h1-2,5-7,14H,3-4H2. The van der Waals surface area contributed by atoms with Gasteiger partial charge in [0.2, 0.25) is 0 Å². The molecule has 0 N–H and O–H groups in total. The smallest absolute Gasteiger partial charge is 0.142 e. The fourth-order valence-corrected chi connectivity index (χ4v) is 3.33. The second-order valence-corrected chi connectivity index (χ2v) is 6.38. The van der Waals surface area contributed by atoms with Crippen molar-refractivity contribution in [3.05, 3.63) is 62.9 Å². The van der Waals surface area contributed by atoms with Gasteiger partial charge in [0.15, 0.2) is 0 Å². The molecule has 2 aromatic rings. The molecule has 0 fully saturated rings. The minimum Gasteiger partial charge on any atom is -0.493 e. The van der Waals surface area contributed by atoms with Gasteiger partial charge in [-0.15, -0.1) is 0 Å². The summed E-state index contributed by atoms with van der Waals surface area (Å²) in [5.41, 5.74) is 2.77. The van der Waals surface area contributed by atoms with Gasteiger partial charge in [-0.1, -0.05) is 45.2 Å². The molecule has 1 nitrogen and oxygen atoms in total. The third kappa shape index (κ3) is 2.54. The summed E-state index contributed by atoms with van der Waals surface area (Å²) in [4.78, 5) is -0.195. The van der Waals surface area contributed by atoms with Gasteiger partial charge in [-0.2, -0.15) is 0 Å². The van der Waals surface area contributed by atoms with Crippen LogP contribution in [0.1, 0.15) is 21.5 Å². The Balaban J connectivity index is 2.06. The molecule has 1 aliphatic rings. The molecule has 5 heteroatoms. The summed E-state index contributed by atoms with van der Waals surface area (Å²) in [5, 5.41) is 0.768. The molecule has 0 radical (unpaired) electrons. The Kier molecular flexibility index (Phi) is 3.93. The van der Waals surface area contributed by atoms with E-state index in [0.29, 0.717) is 11.6 Å². The Morgan fingerprint density at radius 2 is 2.00 bits per heavy atom. The maximum Gasteiger partial charge on any atom is 0.142 e.